The van der Waals surface area contributed by atoms with Crippen LogP contribution in [-0.4, -0.2) is 26.4 Å². The molecule has 1 saturated heterocycles. The smallest absolute Gasteiger partial charge is 0.405 e. The fourth-order valence-corrected chi connectivity index (χ4v) is 4.79. The zero-order valence-corrected chi connectivity index (χ0v) is 19.8. The Balaban J connectivity index is 1.70. The van der Waals surface area contributed by atoms with Gasteiger partial charge in [0, 0.05) is 13.0 Å². The highest BCUT2D eigenvalue weighted by atomic mass is 31.2. The van der Waals surface area contributed by atoms with Gasteiger partial charge in [0.1, 0.15) is 0 Å². The molecule has 29 heavy (non-hydrogen) atoms. The molecular formula is C23H46NO4P. The van der Waals surface area contributed by atoms with Gasteiger partial charge in [-0.15, -0.1) is 0 Å². The first-order chi connectivity index (χ1) is 14.3. The summed E-state index contributed by atoms with van der Waals surface area (Å²) in [4.78, 5) is 0. The molecule has 1 N–H and O–H groups in total. The Labute approximate surface area is 179 Å². The molecule has 0 aromatic heterocycles. The Hall–Kier alpha value is -0.350. The average Bonchev–Trinajstić information content (AvgIpc) is 3.15. The standard InChI is InChI=1S/C23H46NO4P/c1-2-3-4-5-6-7-8-9-10-11-12-13-14-15-16-17-20-26-21-18-22-27-29(25)24-19-23-28-29/h17,20H,2-16,18-19,21-23H2,1H3,(H,24,25)/b20-17-. The van der Waals surface area contributed by atoms with E-state index in [2.05, 4.69) is 18.1 Å². The molecule has 1 heterocycles. The molecule has 1 rings (SSSR count). The average molecular weight is 432 g/mol. The number of hydrogen-bond donors (Lipinski definition) is 1. The van der Waals surface area contributed by atoms with Gasteiger partial charge in [0.25, 0.3) is 0 Å². The predicted octanol–water partition coefficient (Wildman–Crippen LogP) is 7.52. The first-order valence-electron chi connectivity index (χ1n) is 12.2. The highest BCUT2D eigenvalue weighted by Crippen LogP contribution is 2.46. The molecule has 0 bridgehead atoms. The lowest BCUT2D eigenvalue weighted by Crippen LogP contribution is -2.06. The van der Waals surface area contributed by atoms with E-state index in [1.165, 1.54) is 89.9 Å². The van der Waals surface area contributed by atoms with Crippen LogP contribution in [0.1, 0.15) is 110 Å². The summed E-state index contributed by atoms with van der Waals surface area (Å²) in [5, 5.41) is 2.75. The van der Waals surface area contributed by atoms with Gasteiger partial charge in [0.05, 0.1) is 26.1 Å². The van der Waals surface area contributed by atoms with Crippen molar-refractivity contribution < 1.29 is 18.3 Å². The van der Waals surface area contributed by atoms with Crippen LogP contribution in [0.2, 0.25) is 0 Å². The second kappa shape index (κ2) is 19.6. The summed E-state index contributed by atoms with van der Waals surface area (Å²) in [6.45, 7) is 4.29. The second-order valence-electron chi connectivity index (χ2n) is 8.05. The van der Waals surface area contributed by atoms with Crippen molar-refractivity contribution >= 4 is 7.75 Å². The third-order valence-corrected chi connectivity index (χ3v) is 6.91. The van der Waals surface area contributed by atoms with Crippen LogP contribution in [0.25, 0.3) is 0 Å². The maximum Gasteiger partial charge on any atom is 0.405 e. The molecule has 172 valence electrons. The maximum atomic E-state index is 11.8. The van der Waals surface area contributed by atoms with E-state index < -0.39 is 7.75 Å². The zero-order valence-electron chi connectivity index (χ0n) is 18.9. The summed E-state index contributed by atoms with van der Waals surface area (Å²) >= 11 is 0. The summed E-state index contributed by atoms with van der Waals surface area (Å²) in [6, 6.07) is 0. The minimum Gasteiger partial charge on any atom is -0.501 e. The molecule has 6 heteroatoms. The van der Waals surface area contributed by atoms with Crippen LogP contribution in [0.15, 0.2) is 12.3 Å². The Morgan fingerprint density at radius 2 is 1.41 bits per heavy atom. The first-order valence-corrected chi connectivity index (χ1v) is 13.7. The van der Waals surface area contributed by atoms with Gasteiger partial charge in [-0.05, 0) is 18.9 Å². The third-order valence-electron chi connectivity index (χ3n) is 5.25. The highest BCUT2D eigenvalue weighted by molar-refractivity contribution is 7.51. The Kier molecular flexibility index (Phi) is 18.0. The van der Waals surface area contributed by atoms with Gasteiger partial charge < -0.3 is 4.74 Å². The van der Waals surface area contributed by atoms with Gasteiger partial charge in [-0.25, -0.2) is 9.65 Å². The van der Waals surface area contributed by atoms with Gasteiger partial charge >= 0.3 is 7.75 Å². The first kappa shape index (κ1) is 26.7. The molecule has 5 nitrogen and oxygen atoms in total. The zero-order chi connectivity index (χ0) is 20.9. The number of unbranched alkanes of at least 4 members (excludes halogenated alkanes) is 14. The lowest BCUT2D eigenvalue weighted by atomic mass is 10.0. The summed E-state index contributed by atoms with van der Waals surface area (Å²) < 4.78 is 27.5. The van der Waals surface area contributed by atoms with Gasteiger partial charge in [-0.2, -0.15) is 0 Å². The molecule has 1 fully saturated rings. The van der Waals surface area contributed by atoms with Crippen molar-refractivity contribution in [1.29, 1.82) is 0 Å². The number of ether oxygens (including phenoxy) is 1. The van der Waals surface area contributed by atoms with E-state index in [9.17, 15) is 4.57 Å². The fraction of sp³-hybridized carbons (Fsp3) is 0.913. The van der Waals surface area contributed by atoms with Crippen LogP contribution < -0.4 is 5.09 Å². The largest absolute Gasteiger partial charge is 0.501 e. The summed E-state index contributed by atoms with van der Waals surface area (Å²) in [7, 11) is -2.99. The Morgan fingerprint density at radius 3 is 1.97 bits per heavy atom. The normalized spacial score (nSPS) is 19.3. The third kappa shape index (κ3) is 17.1. The van der Waals surface area contributed by atoms with E-state index in [1.54, 1.807) is 6.26 Å². The van der Waals surface area contributed by atoms with Gasteiger partial charge in [-0.3, -0.25) is 9.05 Å². The minimum absolute atomic E-state index is 0.386. The summed E-state index contributed by atoms with van der Waals surface area (Å²) in [5.41, 5.74) is 0. The number of nitrogens with one attached hydrogen (secondary N) is 1. The van der Waals surface area contributed by atoms with Crippen molar-refractivity contribution in [2.45, 2.75) is 110 Å². The monoisotopic (exact) mass is 431 g/mol. The molecular weight excluding hydrogens is 385 g/mol. The Bertz CT molecular complexity index is 421. The predicted molar refractivity (Wildman–Crippen MR) is 122 cm³/mol. The molecule has 1 aliphatic rings. The van der Waals surface area contributed by atoms with E-state index in [0.29, 0.717) is 32.8 Å². The topological polar surface area (TPSA) is 56.8 Å². The Morgan fingerprint density at radius 1 is 0.828 bits per heavy atom. The molecule has 1 atom stereocenters. The van der Waals surface area contributed by atoms with Crippen LogP contribution in [0.4, 0.5) is 0 Å². The van der Waals surface area contributed by atoms with E-state index in [0.717, 1.165) is 6.42 Å². The van der Waals surface area contributed by atoms with E-state index in [4.69, 9.17) is 13.8 Å². The molecule has 0 saturated carbocycles. The van der Waals surface area contributed by atoms with Crippen molar-refractivity contribution in [2.75, 3.05) is 26.4 Å². The quantitative estimate of drug-likeness (QED) is 0.116. The second-order valence-corrected chi connectivity index (χ2v) is 9.88. The fourth-order valence-electron chi connectivity index (χ4n) is 3.46. The van der Waals surface area contributed by atoms with Gasteiger partial charge in [0.15, 0.2) is 0 Å². The van der Waals surface area contributed by atoms with E-state index in [1.807, 2.05) is 0 Å². The molecule has 0 amide bonds. The molecule has 1 aliphatic heterocycles. The lowest BCUT2D eigenvalue weighted by Gasteiger charge is -2.10. The number of rotatable bonds is 21. The molecule has 0 radical (unpaired) electrons. The van der Waals surface area contributed by atoms with Crippen molar-refractivity contribution in [3.8, 4) is 0 Å². The van der Waals surface area contributed by atoms with Crippen LogP contribution >= 0.6 is 7.75 Å². The summed E-state index contributed by atoms with van der Waals surface area (Å²) in [6.07, 6.45) is 25.2. The van der Waals surface area contributed by atoms with Crippen molar-refractivity contribution in [2.24, 2.45) is 0 Å². The number of hydrogen-bond acceptors (Lipinski definition) is 4. The molecule has 0 aromatic carbocycles. The van der Waals surface area contributed by atoms with Gasteiger partial charge in [0.2, 0.25) is 0 Å². The number of allylic oxidation sites excluding steroid dienone is 1. The molecule has 0 spiro atoms. The van der Waals surface area contributed by atoms with Crippen LogP contribution in [0.5, 0.6) is 0 Å². The van der Waals surface area contributed by atoms with E-state index >= 15 is 0 Å². The lowest BCUT2D eigenvalue weighted by molar-refractivity contribution is 0.186. The van der Waals surface area contributed by atoms with Gasteiger partial charge in [-0.1, -0.05) is 90.4 Å². The molecule has 1 unspecified atom stereocenters. The highest BCUT2D eigenvalue weighted by Gasteiger charge is 2.28. The van der Waals surface area contributed by atoms with Crippen LogP contribution in [0, 0.1) is 0 Å². The van der Waals surface area contributed by atoms with Crippen molar-refractivity contribution in [3.05, 3.63) is 12.3 Å². The molecule has 0 aliphatic carbocycles. The van der Waals surface area contributed by atoms with Crippen LogP contribution in [0.3, 0.4) is 0 Å². The van der Waals surface area contributed by atoms with Crippen LogP contribution in [-0.2, 0) is 18.3 Å². The minimum atomic E-state index is -2.99. The van der Waals surface area contributed by atoms with Crippen molar-refractivity contribution in [1.82, 2.24) is 5.09 Å². The van der Waals surface area contributed by atoms with E-state index in [-0.39, 0.29) is 0 Å². The summed E-state index contributed by atoms with van der Waals surface area (Å²) in [5.74, 6) is 0. The molecule has 0 aromatic rings. The van der Waals surface area contributed by atoms with Crippen molar-refractivity contribution in [3.63, 3.8) is 0 Å². The maximum absolute atomic E-state index is 11.8. The SMILES string of the molecule is CCCCCCCCCCCCCCCC/C=C\OCCCOP1(=O)NCCO1.